The number of hydrogen-bond acceptors (Lipinski definition) is 7. The maximum atomic E-state index is 12.3. The largest absolute Gasteiger partial charge is 0.497 e. The first kappa shape index (κ1) is 18.7. The Bertz CT molecular complexity index is 1260. The van der Waals surface area contributed by atoms with Gasteiger partial charge in [0.25, 0.3) is 11.4 Å². The molecule has 0 amide bonds. The molecule has 0 saturated carbocycles. The van der Waals surface area contributed by atoms with Crippen molar-refractivity contribution in [2.24, 2.45) is 0 Å². The maximum absolute atomic E-state index is 12.3. The van der Waals surface area contributed by atoms with Crippen molar-refractivity contribution in [3.05, 3.63) is 52.4 Å². The third kappa shape index (κ3) is 3.22. The zero-order valence-corrected chi connectivity index (χ0v) is 16.6. The number of benzene rings is 2. The van der Waals surface area contributed by atoms with Gasteiger partial charge in [-0.15, -0.1) is 0 Å². The topological polar surface area (TPSA) is 92.3 Å². The van der Waals surface area contributed by atoms with Crippen molar-refractivity contribution in [2.45, 2.75) is 20.4 Å². The van der Waals surface area contributed by atoms with Crippen molar-refractivity contribution in [2.75, 3.05) is 14.2 Å². The minimum Gasteiger partial charge on any atom is -0.497 e. The van der Waals surface area contributed by atoms with E-state index in [2.05, 4.69) is 15.1 Å². The number of methoxy groups -OCH3 is 2. The highest BCUT2D eigenvalue weighted by molar-refractivity contribution is 5.80. The standard InChI is InChI=1S/C21H20N4O4/c1-5-25-17-9-6-13(10-16(17)22-12(2)21(25)26)19-23-20(29-24-19)15-8-7-14(27-3)11-18(15)28-4/h6-11H,5H2,1-4H3. The average Bonchev–Trinajstić information content (AvgIpc) is 3.24. The van der Waals surface area contributed by atoms with Crippen LogP contribution in [0.1, 0.15) is 12.6 Å². The molecule has 0 atom stereocenters. The highest BCUT2D eigenvalue weighted by atomic mass is 16.5. The van der Waals surface area contributed by atoms with E-state index in [1.165, 1.54) is 0 Å². The summed E-state index contributed by atoms with van der Waals surface area (Å²) in [4.78, 5) is 21.2. The molecule has 0 aliphatic heterocycles. The number of nitrogens with zero attached hydrogens (tertiary/aromatic N) is 4. The lowest BCUT2D eigenvalue weighted by Gasteiger charge is -2.09. The fourth-order valence-electron chi connectivity index (χ4n) is 3.25. The van der Waals surface area contributed by atoms with Gasteiger partial charge in [0, 0.05) is 18.2 Å². The molecule has 148 valence electrons. The molecule has 0 aliphatic rings. The number of aryl methyl sites for hydroxylation is 2. The maximum Gasteiger partial charge on any atom is 0.272 e. The minimum absolute atomic E-state index is 0.0822. The van der Waals surface area contributed by atoms with Crippen LogP contribution >= 0.6 is 0 Å². The van der Waals surface area contributed by atoms with Crippen molar-refractivity contribution in [1.29, 1.82) is 0 Å². The molecule has 8 heteroatoms. The molecule has 0 fully saturated rings. The van der Waals surface area contributed by atoms with Crippen LogP contribution in [0, 0.1) is 6.92 Å². The Kier molecular flexibility index (Phi) is 4.75. The highest BCUT2D eigenvalue weighted by Crippen LogP contribution is 2.33. The fraction of sp³-hybridized carbons (Fsp3) is 0.238. The summed E-state index contributed by atoms with van der Waals surface area (Å²) in [5.74, 6) is 2.00. The van der Waals surface area contributed by atoms with Gasteiger partial charge in [-0.3, -0.25) is 4.79 Å². The number of hydrogen-bond donors (Lipinski definition) is 0. The van der Waals surface area contributed by atoms with Gasteiger partial charge in [0.15, 0.2) is 0 Å². The molecule has 2 heterocycles. The molecule has 2 aromatic carbocycles. The van der Waals surface area contributed by atoms with Gasteiger partial charge in [-0.2, -0.15) is 4.98 Å². The van der Waals surface area contributed by atoms with E-state index in [1.807, 2.05) is 25.1 Å². The molecule has 0 radical (unpaired) electrons. The lowest BCUT2D eigenvalue weighted by molar-refractivity contribution is 0.391. The molecule has 2 aromatic heterocycles. The molecule has 0 saturated heterocycles. The van der Waals surface area contributed by atoms with Crippen LogP contribution in [0.3, 0.4) is 0 Å². The SMILES string of the molecule is CCn1c(=O)c(C)nc2cc(-c3noc(-c4ccc(OC)cc4OC)n3)ccc21. The minimum atomic E-state index is -0.0822. The number of rotatable bonds is 5. The summed E-state index contributed by atoms with van der Waals surface area (Å²) in [6.45, 7) is 4.21. The molecule has 29 heavy (non-hydrogen) atoms. The van der Waals surface area contributed by atoms with Crippen molar-refractivity contribution >= 4 is 11.0 Å². The zero-order valence-electron chi connectivity index (χ0n) is 16.6. The van der Waals surface area contributed by atoms with Gasteiger partial charge in [0.05, 0.1) is 30.8 Å². The third-order valence-corrected chi connectivity index (χ3v) is 4.75. The van der Waals surface area contributed by atoms with E-state index in [9.17, 15) is 4.79 Å². The molecule has 0 N–H and O–H groups in total. The van der Waals surface area contributed by atoms with Crippen LogP contribution in [0.4, 0.5) is 0 Å². The van der Waals surface area contributed by atoms with Crippen molar-refractivity contribution in [3.63, 3.8) is 0 Å². The quantitative estimate of drug-likeness (QED) is 0.513. The molecule has 4 aromatic rings. The summed E-state index contributed by atoms with van der Waals surface area (Å²) in [6, 6.07) is 10.9. The van der Waals surface area contributed by atoms with E-state index in [0.717, 1.165) is 11.1 Å². The van der Waals surface area contributed by atoms with Crippen LogP contribution in [0.15, 0.2) is 45.7 Å². The average molecular weight is 392 g/mol. The zero-order chi connectivity index (χ0) is 20.5. The van der Waals surface area contributed by atoms with Crippen molar-refractivity contribution in [1.82, 2.24) is 19.7 Å². The van der Waals surface area contributed by atoms with Gasteiger partial charge < -0.3 is 18.6 Å². The summed E-state index contributed by atoms with van der Waals surface area (Å²) in [6.07, 6.45) is 0. The Morgan fingerprint density at radius 2 is 1.90 bits per heavy atom. The predicted octanol–water partition coefficient (Wildman–Crippen LogP) is 3.46. The highest BCUT2D eigenvalue weighted by Gasteiger charge is 2.17. The smallest absolute Gasteiger partial charge is 0.272 e. The Morgan fingerprint density at radius 3 is 2.62 bits per heavy atom. The first-order valence-corrected chi connectivity index (χ1v) is 9.13. The summed E-state index contributed by atoms with van der Waals surface area (Å²) in [5.41, 5.74) is 3.26. The van der Waals surface area contributed by atoms with Crippen LogP contribution in [-0.2, 0) is 6.54 Å². The van der Waals surface area contributed by atoms with Gasteiger partial charge in [-0.25, -0.2) is 4.98 Å². The van der Waals surface area contributed by atoms with E-state index in [1.54, 1.807) is 43.9 Å². The first-order chi connectivity index (χ1) is 14.0. The molecule has 4 rings (SSSR count). The summed E-state index contributed by atoms with van der Waals surface area (Å²) in [7, 11) is 3.16. The van der Waals surface area contributed by atoms with Crippen LogP contribution in [0.5, 0.6) is 11.5 Å². The lowest BCUT2D eigenvalue weighted by Crippen LogP contribution is -2.23. The third-order valence-electron chi connectivity index (χ3n) is 4.75. The molecule has 0 aliphatic carbocycles. The van der Waals surface area contributed by atoms with E-state index in [0.29, 0.717) is 46.5 Å². The van der Waals surface area contributed by atoms with Crippen LogP contribution in [0.2, 0.25) is 0 Å². The fourth-order valence-corrected chi connectivity index (χ4v) is 3.25. The van der Waals surface area contributed by atoms with Gasteiger partial charge in [-0.1, -0.05) is 5.16 Å². The second-order valence-electron chi connectivity index (χ2n) is 6.44. The predicted molar refractivity (Wildman–Crippen MR) is 108 cm³/mol. The Labute approximate surface area is 166 Å². The normalized spacial score (nSPS) is 11.0. The first-order valence-electron chi connectivity index (χ1n) is 9.13. The summed E-state index contributed by atoms with van der Waals surface area (Å²) in [5, 5.41) is 4.10. The van der Waals surface area contributed by atoms with E-state index < -0.39 is 0 Å². The van der Waals surface area contributed by atoms with Crippen molar-refractivity contribution in [3.8, 4) is 34.3 Å². The van der Waals surface area contributed by atoms with Crippen LogP contribution < -0.4 is 15.0 Å². The monoisotopic (exact) mass is 392 g/mol. The molecule has 8 nitrogen and oxygen atoms in total. The second-order valence-corrected chi connectivity index (χ2v) is 6.44. The Morgan fingerprint density at radius 1 is 1.07 bits per heavy atom. The van der Waals surface area contributed by atoms with Gasteiger partial charge >= 0.3 is 0 Å². The summed E-state index contributed by atoms with van der Waals surface area (Å²) >= 11 is 0. The van der Waals surface area contributed by atoms with Crippen molar-refractivity contribution < 1.29 is 14.0 Å². The number of fused-ring (bicyclic) bond motifs is 1. The molecule has 0 spiro atoms. The van der Waals surface area contributed by atoms with Gasteiger partial charge in [0.2, 0.25) is 5.82 Å². The van der Waals surface area contributed by atoms with E-state index in [-0.39, 0.29) is 5.56 Å². The Balaban J connectivity index is 1.78. The van der Waals surface area contributed by atoms with Crippen LogP contribution in [-0.4, -0.2) is 33.9 Å². The molecular formula is C21H20N4O4. The molecule has 0 bridgehead atoms. The summed E-state index contributed by atoms with van der Waals surface area (Å²) < 4.78 is 17.8. The second kappa shape index (κ2) is 7.38. The number of ether oxygens (including phenoxy) is 2. The van der Waals surface area contributed by atoms with Gasteiger partial charge in [0.1, 0.15) is 17.2 Å². The Hall–Kier alpha value is -3.68. The molecular weight excluding hydrogens is 372 g/mol. The number of aromatic nitrogens is 4. The van der Waals surface area contributed by atoms with E-state index >= 15 is 0 Å². The van der Waals surface area contributed by atoms with Gasteiger partial charge in [-0.05, 0) is 44.2 Å². The molecule has 0 unspecified atom stereocenters. The van der Waals surface area contributed by atoms with E-state index in [4.69, 9.17) is 14.0 Å². The lowest BCUT2D eigenvalue weighted by atomic mass is 10.1. The van der Waals surface area contributed by atoms with Crippen LogP contribution in [0.25, 0.3) is 33.9 Å².